The van der Waals surface area contributed by atoms with Gasteiger partial charge in [-0.3, -0.25) is 14.1 Å². The molecule has 4 heterocycles. The molecule has 36 heavy (non-hydrogen) atoms. The minimum atomic E-state index is -3.39. The Balaban J connectivity index is 1.28. The number of benzene rings is 1. The number of hydrogen-bond acceptors (Lipinski definition) is 7. The third-order valence-electron chi connectivity index (χ3n) is 6.80. The summed E-state index contributed by atoms with van der Waals surface area (Å²) in [5.41, 5.74) is 4.97. The van der Waals surface area contributed by atoms with Crippen molar-refractivity contribution in [3.63, 3.8) is 0 Å². The summed E-state index contributed by atoms with van der Waals surface area (Å²) >= 11 is 0. The van der Waals surface area contributed by atoms with Crippen LogP contribution in [0.4, 0.5) is 22.9 Å². The molecule has 1 aliphatic carbocycles. The summed E-state index contributed by atoms with van der Waals surface area (Å²) in [6, 6.07) is 9.62. The summed E-state index contributed by atoms with van der Waals surface area (Å²) in [6.07, 6.45) is 9.22. The number of carbonyl (C=O) groups is 1. The van der Waals surface area contributed by atoms with Gasteiger partial charge in [0, 0.05) is 53.6 Å². The fraction of sp³-hybridized carbons (Fsp3) is 0.346. The molecular formula is C26H27N5O4S. The first-order valence-electron chi connectivity index (χ1n) is 12.1. The SMILES string of the molecule is CC1Oc2cc(N3CCCC3=O)ccc2-c2cnc(Nc3cncc(N(C4CC4)S(C)(=O)=O)c3)cc21. The van der Waals surface area contributed by atoms with Crippen molar-refractivity contribution in [3.05, 3.63) is 54.5 Å². The normalized spacial score (nSPS) is 18.9. The molecule has 9 nitrogen and oxygen atoms in total. The van der Waals surface area contributed by atoms with Gasteiger partial charge in [0.25, 0.3) is 0 Å². The van der Waals surface area contributed by atoms with Gasteiger partial charge in [-0.05, 0) is 50.5 Å². The largest absolute Gasteiger partial charge is 0.485 e. The maximum absolute atomic E-state index is 12.3. The second kappa shape index (κ2) is 8.48. The quantitative estimate of drug-likeness (QED) is 0.530. The Morgan fingerprint density at radius 2 is 1.94 bits per heavy atom. The lowest BCUT2D eigenvalue weighted by atomic mass is 9.94. The van der Waals surface area contributed by atoms with Crippen molar-refractivity contribution in [1.29, 1.82) is 0 Å². The Morgan fingerprint density at radius 1 is 1.11 bits per heavy atom. The standard InChI is InChI=1S/C26H27N5O4S/c1-16-22-12-25(29-17-10-20(14-27-13-17)31(18-5-6-18)36(2,33)34)28-15-23(22)21-8-7-19(11-24(21)35-16)30-9-3-4-26(30)32/h7-8,10-16,18H,3-6,9H2,1-2H3,(H,28,29). The van der Waals surface area contributed by atoms with E-state index in [1.807, 2.05) is 42.3 Å². The second-order valence-corrected chi connectivity index (χ2v) is 11.5. The number of hydrogen-bond donors (Lipinski definition) is 1. The summed E-state index contributed by atoms with van der Waals surface area (Å²) in [6.45, 7) is 2.72. The highest BCUT2D eigenvalue weighted by atomic mass is 32.2. The van der Waals surface area contributed by atoms with Crippen molar-refractivity contribution in [2.45, 2.75) is 44.8 Å². The molecule has 0 bridgehead atoms. The third-order valence-corrected chi connectivity index (χ3v) is 8.03. The fourth-order valence-corrected chi connectivity index (χ4v) is 6.26. The van der Waals surface area contributed by atoms with Crippen LogP contribution >= 0.6 is 0 Å². The number of nitrogens with zero attached hydrogens (tertiary/aromatic N) is 4. The number of rotatable bonds is 6. The highest BCUT2D eigenvalue weighted by Gasteiger charge is 2.35. The predicted molar refractivity (Wildman–Crippen MR) is 138 cm³/mol. The summed E-state index contributed by atoms with van der Waals surface area (Å²) < 4.78 is 32.3. The van der Waals surface area contributed by atoms with Gasteiger partial charge >= 0.3 is 0 Å². The van der Waals surface area contributed by atoms with Crippen LogP contribution in [-0.2, 0) is 14.8 Å². The van der Waals surface area contributed by atoms with Gasteiger partial charge in [0.2, 0.25) is 15.9 Å². The number of nitrogens with one attached hydrogen (secondary N) is 1. The van der Waals surface area contributed by atoms with Gasteiger partial charge in [-0.25, -0.2) is 13.4 Å². The molecule has 0 radical (unpaired) electrons. The molecule has 1 unspecified atom stereocenters. The van der Waals surface area contributed by atoms with Crippen LogP contribution in [0.25, 0.3) is 11.1 Å². The number of carbonyl (C=O) groups excluding carboxylic acids is 1. The number of sulfonamides is 1. The molecule has 1 saturated carbocycles. The topological polar surface area (TPSA) is 105 Å². The zero-order valence-corrected chi connectivity index (χ0v) is 21.0. The molecule has 1 atom stereocenters. The molecule has 3 aliphatic rings. The maximum Gasteiger partial charge on any atom is 0.232 e. The Morgan fingerprint density at radius 3 is 2.67 bits per heavy atom. The zero-order valence-electron chi connectivity index (χ0n) is 20.1. The molecule has 2 fully saturated rings. The van der Waals surface area contributed by atoms with Crippen LogP contribution in [0.2, 0.25) is 0 Å². The lowest BCUT2D eigenvalue weighted by Crippen LogP contribution is -2.32. The van der Waals surface area contributed by atoms with E-state index < -0.39 is 10.0 Å². The van der Waals surface area contributed by atoms with Crippen LogP contribution in [0.3, 0.4) is 0 Å². The monoisotopic (exact) mass is 505 g/mol. The molecule has 0 spiro atoms. The van der Waals surface area contributed by atoms with Gasteiger partial charge in [0.05, 0.1) is 30.0 Å². The molecule has 1 aromatic carbocycles. The van der Waals surface area contributed by atoms with Gasteiger partial charge < -0.3 is 15.0 Å². The number of anilines is 4. The van der Waals surface area contributed by atoms with E-state index in [1.54, 1.807) is 18.5 Å². The third kappa shape index (κ3) is 4.15. The van der Waals surface area contributed by atoms with E-state index in [1.165, 1.54) is 10.6 Å². The van der Waals surface area contributed by atoms with Crippen LogP contribution in [0.1, 0.15) is 44.3 Å². The van der Waals surface area contributed by atoms with Crippen LogP contribution in [-0.4, -0.2) is 43.1 Å². The highest BCUT2D eigenvalue weighted by Crippen LogP contribution is 2.44. The highest BCUT2D eigenvalue weighted by molar-refractivity contribution is 7.92. The van der Waals surface area contributed by atoms with Crippen LogP contribution in [0.5, 0.6) is 5.75 Å². The molecule has 2 aliphatic heterocycles. The zero-order chi connectivity index (χ0) is 25.0. The summed E-state index contributed by atoms with van der Waals surface area (Å²) in [7, 11) is -3.39. The molecule has 10 heteroatoms. The van der Waals surface area contributed by atoms with E-state index in [0.717, 1.165) is 53.9 Å². The number of aromatic nitrogens is 2. The first-order chi connectivity index (χ1) is 17.3. The van der Waals surface area contributed by atoms with E-state index in [0.29, 0.717) is 23.6 Å². The first kappa shape index (κ1) is 22.8. The molecule has 3 aromatic rings. The summed E-state index contributed by atoms with van der Waals surface area (Å²) in [5, 5.41) is 3.26. The molecule has 1 amide bonds. The molecular weight excluding hydrogens is 478 g/mol. The van der Waals surface area contributed by atoms with Gasteiger partial charge in [-0.2, -0.15) is 0 Å². The molecule has 6 rings (SSSR count). The minimum Gasteiger partial charge on any atom is -0.485 e. The fourth-order valence-electron chi connectivity index (χ4n) is 5.02. The first-order valence-corrected chi connectivity index (χ1v) is 14.0. The van der Waals surface area contributed by atoms with Gasteiger partial charge in [0.1, 0.15) is 17.7 Å². The summed E-state index contributed by atoms with van der Waals surface area (Å²) in [4.78, 5) is 22.8. The average molecular weight is 506 g/mol. The number of ether oxygens (including phenoxy) is 1. The molecule has 2 aromatic heterocycles. The minimum absolute atomic E-state index is 0.00101. The predicted octanol–water partition coefficient (Wildman–Crippen LogP) is 4.40. The lowest BCUT2D eigenvalue weighted by molar-refractivity contribution is -0.117. The van der Waals surface area contributed by atoms with E-state index in [-0.39, 0.29) is 18.1 Å². The average Bonchev–Trinajstić information content (AvgIpc) is 3.56. The smallest absolute Gasteiger partial charge is 0.232 e. The Kier molecular flexibility index (Phi) is 5.36. The van der Waals surface area contributed by atoms with Crippen molar-refractivity contribution >= 4 is 38.8 Å². The van der Waals surface area contributed by atoms with Crippen molar-refractivity contribution in [2.75, 3.05) is 27.3 Å². The second-order valence-electron chi connectivity index (χ2n) is 9.59. The number of fused-ring (bicyclic) bond motifs is 3. The molecule has 1 N–H and O–H groups in total. The van der Waals surface area contributed by atoms with E-state index >= 15 is 0 Å². The van der Waals surface area contributed by atoms with E-state index in [9.17, 15) is 13.2 Å². The lowest BCUT2D eigenvalue weighted by Gasteiger charge is -2.28. The van der Waals surface area contributed by atoms with Gasteiger partial charge in [-0.15, -0.1) is 0 Å². The Hall–Kier alpha value is -3.66. The Bertz CT molecular complexity index is 1470. The number of amides is 1. The molecule has 1 saturated heterocycles. The van der Waals surface area contributed by atoms with Crippen LogP contribution in [0.15, 0.2) is 48.9 Å². The van der Waals surface area contributed by atoms with Crippen LogP contribution in [0, 0.1) is 0 Å². The van der Waals surface area contributed by atoms with Gasteiger partial charge in [0.15, 0.2) is 0 Å². The maximum atomic E-state index is 12.3. The van der Waals surface area contributed by atoms with Gasteiger partial charge in [-0.1, -0.05) is 0 Å². The van der Waals surface area contributed by atoms with Crippen LogP contribution < -0.4 is 19.3 Å². The number of pyridine rings is 2. The Labute approximate surface area is 210 Å². The van der Waals surface area contributed by atoms with Crippen molar-refractivity contribution in [3.8, 4) is 16.9 Å². The van der Waals surface area contributed by atoms with Crippen molar-refractivity contribution < 1.29 is 17.9 Å². The van der Waals surface area contributed by atoms with E-state index in [4.69, 9.17) is 4.74 Å². The van der Waals surface area contributed by atoms with Crippen molar-refractivity contribution in [2.24, 2.45) is 0 Å². The summed E-state index contributed by atoms with van der Waals surface area (Å²) in [5.74, 6) is 1.50. The van der Waals surface area contributed by atoms with E-state index in [2.05, 4.69) is 15.3 Å². The molecule has 186 valence electrons. The van der Waals surface area contributed by atoms with Crippen molar-refractivity contribution in [1.82, 2.24) is 9.97 Å².